The number of amides is 1. The van der Waals surface area contributed by atoms with Gasteiger partial charge in [-0.15, -0.1) is 0 Å². The van der Waals surface area contributed by atoms with Gasteiger partial charge in [-0.1, -0.05) is 0 Å². The van der Waals surface area contributed by atoms with Crippen LogP contribution in [0.15, 0.2) is 24.4 Å². The number of hydrogen-bond acceptors (Lipinski definition) is 3. The van der Waals surface area contributed by atoms with Crippen LogP contribution in [0.5, 0.6) is 0 Å². The Morgan fingerprint density at radius 2 is 2.26 bits per heavy atom. The summed E-state index contributed by atoms with van der Waals surface area (Å²) in [6.45, 7) is 2.51. The van der Waals surface area contributed by atoms with E-state index < -0.39 is 11.7 Å². The predicted molar refractivity (Wildman–Crippen MR) is 70.2 cm³/mol. The molecule has 0 fully saturated rings. The minimum atomic E-state index is -0.779. The fourth-order valence-corrected chi connectivity index (χ4v) is 1.74. The van der Waals surface area contributed by atoms with Crippen molar-refractivity contribution in [2.24, 2.45) is 12.8 Å². The zero-order chi connectivity index (χ0) is 14.0. The van der Waals surface area contributed by atoms with Crippen molar-refractivity contribution in [1.82, 2.24) is 9.78 Å². The quantitative estimate of drug-likeness (QED) is 0.878. The Hall–Kier alpha value is -2.37. The first kappa shape index (κ1) is 13.1. The van der Waals surface area contributed by atoms with Gasteiger partial charge in [-0.25, -0.2) is 4.39 Å². The number of nitrogens with zero attached hydrogens (tertiary/aromatic N) is 2. The molecule has 1 aromatic carbocycles. The van der Waals surface area contributed by atoms with E-state index in [1.807, 2.05) is 14.0 Å². The molecule has 0 saturated heterocycles. The standard InChI is InChI=1S/C13H15FN4O/c1-8-9(7-17-18(8)2)6-16-10-3-4-12(14)11(5-10)13(15)19/h3-5,7,16H,6H2,1-2H3,(H2,15,19). The lowest BCUT2D eigenvalue weighted by Gasteiger charge is -2.08. The van der Waals surface area contributed by atoms with Gasteiger partial charge in [0.15, 0.2) is 0 Å². The number of nitrogens with one attached hydrogen (secondary N) is 1. The monoisotopic (exact) mass is 262 g/mol. The lowest BCUT2D eigenvalue weighted by atomic mass is 10.1. The van der Waals surface area contributed by atoms with Gasteiger partial charge in [0.1, 0.15) is 5.82 Å². The minimum Gasteiger partial charge on any atom is -0.381 e. The van der Waals surface area contributed by atoms with E-state index in [2.05, 4.69) is 10.4 Å². The van der Waals surface area contributed by atoms with Crippen LogP contribution in [0.4, 0.5) is 10.1 Å². The molecule has 19 heavy (non-hydrogen) atoms. The largest absolute Gasteiger partial charge is 0.381 e. The van der Waals surface area contributed by atoms with Crippen molar-refractivity contribution < 1.29 is 9.18 Å². The molecule has 0 radical (unpaired) electrons. The SMILES string of the molecule is Cc1c(CNc2ccc(F)c(C(N)=O)c2)cnn1C. The molecule has 1 aromatic heterocycles. The van der Waals surface area contributed by atoms with Crippen LogP contribution in [0, 0.1) is 12.7 Å². The first-order chi connectivity index (χ1) is 8.99. The Labute approximate surface area is 110 Å². The molecule has 1 amide bonds. The Morgan fingerprint density at radius 1 is 1.53 bits per heavy atom. The highest BCUT2D eigenvalue weighted by Gasteiger charge is 2.09. The van der Waals surface area contributed by atoms with Crippen LogP contribution in [0.3, 0.4) is 0 Å². The molecule has 6 heteroatoms. The molecule has 0 unspecified atom stereocenters. The van der Waals surface area contributed by atoms with E-state index in [0.717, 1.165) is 11.3 Å². The molecule has 0 bridgehead atoms. The van der Waals surface area contributed by atoms with Crippen molar-refractivity contribution in [3.05, 3.63) is 47.0 Å². The number of aromatic nitrogens is 2. The molecule has 2 rings (SSSR count). The lowest BCUT2D eigenvalue weighted by Crippen LogP contribution is -2.13. The van der Waals surface area contributed by atoms with Crippen molar-refractivity contribution in [2.45, 2.75) is 13.5 Å². The third kappa shape index (κ3) is 2.73. The minimum absolute atomic E-state index is 0.118. The third-order valence-corrected chi connectivity index (χ3v) is 3.05. The van der Waals surface area contributed by atoms with E-state index in [4.69, 9.17) is 5.73 Å². The van der Waals surface area contributed by atoms with Crippen molar-refractivity contribution in [3.8, 4) is 0 Å². The van der Waals surface area contributed by atoms with Crippen LogP contribution in [0.25, 0.3) is 0 Å². The Bertz CT molecular complexity index is 621. The molecule has 5 nitrogen and oxygen atoms in total. The van der Waals surface area contributed by atoms with Gasteiger partial charge in [0, 0.05) is 30.5 Å². The second-order valence-electron chi connectivity index (χ2n) is 4.29. The Kier molecular flexibility index (Phi) is 3.50. The molecular formula is C13H15FN4O. The molecule has 100 valence electrons. The molecule has 2 aromatic rings. The van der Waals surface area contributed by atoms with E-state index in [-0.39, 0.29) is 5.56 Å². The van der Waals surface area contributed by atoms with Gasteiger partial charge in [0.25, 0.3) is 5.91 Å². The lowest BCUT2D eigenvalue weighted by molar-refractivity contribution is 0.0996. The molecule has 0 aliphatic heterocycles. The van der Waals surface area contributed by atoms with Gasteiger partial charge in [0.2, 0.25) is 0 Å². The van der Waals surface area contributed by atoms with E-state index in [9.17, 15) is 9.18 Å². The normalized spacial score (nSPS) is 10.5. The molecule has 1 heterocycles. The number of aryl methyl sites for hydroxylation is 1. The van der Waals surface area contributed by atoms with Gasteiger partial charge in [-0.05, 0) is 25.1 Å². The van der Waals surface area contributed by atoms with Gasteiger partial charge in [-0.3, -0.25) is 9.48 Å². The Morgan fingerprint density at radius 3 is 2.84 bits per heavy atom. The zero-order valence-electron chi connectivity index (χ0n) is 10.8. The van der Waals surface area contributed by atoms with E-state index in [1.54, 1.807) is 16.9 Å². The maximum atomic E-state index is 13.3. The fourth-order valence-electron chi connectivity index (χ4n) is 1.74. The van der Waals surface area contributed by atoms with E-state index in [0.29, 0.717) is 12.2 Å². The van der Waals surface area contributed by atoms with Crippen LogP contribution >= 0.6 is 0 Å². The van der Waals surface area contributed by atoms with Crippen LogP contribution in [0.1, 0.15) is 21.6 Å². The number of nitrogens with two attached hydrogens (primary N) is 1. The molecule has 0 aliphatic rings. The third-order valence-electron chi connectivity index (χ3n) is 3.05. The molecule has 3 N–H and O–H groups in total. The number of carbonyl (C=O) groups excluding carboxylic acids is 1. The van der Waals surface area contributed by atoms with Gasteiger partial charge in [-0.2, -0.15) is 5.10 Å². The summed E-state index contributed by atoms with van der Waals surface area (Å²) in [6.07, 6.45) is 1.76. The van der Waals surface area contributed by atoms with Gasteiger partial charge >= 0.3 is 0 Å². The number of hydrogen-bond donors (Lipinski definition) is 2. The molecule has 0 atom stereocenters. The van der Waals surface area contributed by atoms with E-state index in [1.165, 1.54) is 12.1 Å². The predicted octanol–water partition coefficient (Wildman–Crippen LogP) is 1.58. The number of anilines is 1. The maximum Gasteiger partial charge on any atom is 0.251 e. The molecular weight excluding hydrogens is 247 g/mol. The summed E-state index contributed by atoms with van der Waals surface area (Å²) in [6, 6.07) is 4.19. The summed E-state index contributed by atoms with van der Waals surface area (Å²) in [7, 11) is 1.86. The summed E-state index contributed by atoms with van der Waals surface area (Å²) >= 11 is 0. The molecule has 0 saturated carbocycles. The molecule has 0 aliphatic carbocycles. The average Bonchev–Trinajstić information content (AvgIpc) is 2.69. The smallest absolute Gasteiger partial charge is 0.251 e. The van der Waals surface area contributed by atoms with Crippen molar-refractivity contribution >= 4 is 11.6 Å². The first-order valence-electron chi connectivity index (χ1n) is 5.79. The number of carbonyl (C=O) groups is 1. The van der Waals surface area contributed by atoms with Crippen LogP contribution < -0.4 is 11.1 Å². The maximum absolute atomic E-state index is 13.3. The van der Waals surface area contributed by atoms with Crippen LogP contribution in [0.2, 0.25) is 0 Å². The number of primary amides is 1. The highest BCUT2D eigenvalue weighted by Crippen LogP contribution is 2.16. The number of halogens is 1. The summed E-state index contributed by atoms with van der Waals surface area (Å²) < 4.78 is 15.1. The zero-order valence-corrected chi connectivity index (χ0v) is 10.8. The van der Waals surface area contributed by atoms with Crippen molar-refractivity contribution in [3.63, 3.8) is 0 Å². The van der Waals surface area contributed by atoms with Crippen LogP contribution in [-0.2, 0) is 13.6 Å². The highest BCUT2D eigenvalue weighted by atomic mass is 19.1. The average molecular weight is 262 g/mol. The summed E-state index contributed by atoms with van der Waals surface area (Å²) in [5, 5.41) is 7.24. The van der Waals surface area contributed by atoms with Crippen LogP contribution in [-0.4, -0.2) is 15.7 Å². The molecule has 0 spiro atoms. The van der Waals surface area contributed by atoms with Gasteiger partial charge in [0.05, 0.1) is 11.8 Å². The second-order valence-corrected chi connectivity index (χ2v) is 4.29. The van der Waals surface area contributed by atoms with E-state index >= 15 is 0 Å². The number of benzene rings is 1. The topological polar surface area (TPSA) is 72.9 Å². The summed E-state index contributed by atoms with van der Waals surface area (Å²) in [5.74, 6) is -1.39. The van der Waals surface area contributed by atoms with Crippen molar-refractivity contribution in [1.29, 1.82) is 0 Å². The number of rotatable bonds is 4. The second kappa shape index (κ2) is 5.09. The Balaban J connectivity index is 2.14. The fraction of sp³-hybridized carbons (Fsp3) is 0.231. The first-order valence-corrected chi connectivity index (χ1v) is 5.79. The highest BCUT2D eigenvalue weighted by molar-refractivity contribution is 5.94. The van der Waals surface area contributed by atoms with Gasteiger partial charge < -0.3 is 11.1 Å². The van der Waals surface area contributed by atoms with Crippen molar-refractivity contribution in [2.75, 3.05) is 5.32 Å². The summed E-state index contributed by atoms with van der Waals surface area (Å²) in [5.41, 5.74) is 7.70. The summed E-state index contributed by atoms with van der Waals surface area (Å²) in [4.78, 5) is 11.0.